The van der Waals surface area contributed by atoms with Crippen molar-refractivity contribution in [2.75, 3.05) is 18.1 Å². The average Bonchev–Trinajstić information content (AvgIpc) is 3.14. The van der Waals surface area contributed by atoms with Crippen molar-refractivity contribution in [3.8, 4) is 10.4 Å². The molecule has 1 aromatic carbocycles. The summed E-state index contributed by atoms with van der Waals surface area (Å²) in [6, 6.07) is 12.8. The third-order valence-electron chi connectivity index (χ3n) is 5.72. The molecule has 0 radical (unpaired) electrons. The molecule has 1 atom stereocenters. The van der Waals surface area contributed by atoms with Crippen LogP contribution in [0.5, 0.6) is 0 Å². The molecule has 142 valence electrons. The lowest BCUT2D eigenvalue weighted by atomic mass is 9.82. The highest BCUT2D eigenvalue weighted by Crippen LogP contribution is 2.44. The Kier molecular flexibility index (Phi) is 5.37. The molecule has 0 amide bonds. The largest absolute Gasteiger partial charge is 0.507 e. The minimum absolute atomic E-state index is 0.124. The summed E-state index contributed by atoms with van der Waals surface area (Å²) in [7, 11) is 0. The van der Waals surface area contributed by atoms with Crippen LogP contribution < -0.4 is 4.90 Å². The lowest BCUT2D eigenvalue weighted by Gasteiger charge is -2.44. The quantitative estimate of drug-likeness (QED) is 0.636. The number of morpholine rings is 1. The molecule has 2 aromatic rings. The van der Waals surface area contributed by atoms with Gasteiger partial charge in [0.15, 0.2) is 0 Å². The molecule has 2 fully saturated rings. The number of ether oxygens (including phenoxy) is 1. The summed E-state index contributed by atoms with van der Waals surface area (Å²) in [4.78, 5) is 4.30. The summed E-state index contributed by atoms with van der Waals surface area (Å²) in [5.41, 5.74) is 3.15. The number of aliphatic hydroxyl groups excluding tert-OH is 1. The zero-order chi connectivity index (χ0) is 18.8. The zero-order valence-corrected chi connectivity index (χ0v) is 16.5. The number of benzene rings is 1. The van der Waals surface area contributed by atoms with E-state index >= 15 is 0 Å². The van der Waals surface area contributed by atoms with E-state index in [9.17, 15) is 5.11 Å². The molecule has 1 aliphatic carbocycles. The topological polar surface area (TPSA) is 32.7 Å². The fourth-order valence-electron chi connectivity index (χ4n) is 4.40. The van der Waals surface area contributed by atoms with Crippen LogP contribution in [0, 0.1) is 5.92 Å². The second kappa shape index (κ2) is 7.91. The van der Waals surface area contributed by atoms with Gasteiger partial charge in [0, 0.05) is 10.6 Å². The molecule has 4 heteroatoms. The van der Waals surface area contributed by atoms with Crippen molar-refractivity contribution in [1.29, 1.82) is 0 Å². The minimum Gasteiger partial charge on any atom is -0.507 e. The number of aliphatic hydroxyl groups is 1. The number of nitrogens with zero attached hydrogens (tertiary/aromatic N) is 1. The van der Waals surface area contributed by atoms with Crippen molar-refractivity contribution in [3.05, 3.63) is 60.1 Å². The van der Waals surface area contributed by atoms with Crippen molar-refractivity contribution in [1.82, 2.24) is 0 Å². The molecule has 0 bridgehead atoms. The van der Waals surface area contributed by atoms with E-state index in [4.69, 9.17) is 4.74 Å². The van der Waals surface area contributed by atoms with E-state index in [0.717, 1.165) is 33.3 Å². The minimum atomic E-state index is 0.124. The Morgan fingerprint density at radius 3 is 2.59 bits per heavy atom. The number of hydrogen-bond acceptors (Lipinski definition) is 4. The number of thiophene rings is 1. The van der Waals surface area contributed by atoms with Crippen LogP contribution in [0.25, 0.3) is 16.2 Å². The van der Waals surface area contributed by atoms with Crippen molar-refractivity contribution in [2.45, 2.75) is 38.1 Å². The first-order valence-electron chi connectivity index (χ1n) is 9.77. The van der Waals surface area contributed by atoms with Crippen LogP contribution in [0.3, 0.4) is 0 Å². The summed E-state index contributed by atoms with van der Waals surface area (Å²) in [6.45, 7) is 9.38. The zero-order valence-electron chi connectivity index (χ0n) is 15.7. The molecule has 1 saturated carbocycles. The molecule has 27 heavy (non-hydrogen) atoms. The first-order chi connectivity index (χ1) is 13.1. The lowest BCUT2D eigenvalue weighted by molar-refractivity contribution is 0.0864. The van der Waals surface area contributed by atoms with E-state index in [0.29, 0.717) is 12.5 Å². The molecule has 1 saturated heterocycles. The fourth-order valence-corrected chi connectivity index (χ4v) is 5.43. The van der Waals surface area contributed by atoms with Gasteiger partial charge in [0.05, 0.1) is 29.8 Å². The van der Waals surface area contributed by atoms with E-state index in [1.165, 1.54) is 32.1 Å². The predicted molar refractivity (Wildman–Crippen MR) is 114 cm³/mol. The van der Waals surface area contributed by atoms with Gasteiger partial charge in [0.1, 0.15) is 5.76 Å². The predicted octanol–water partition coefficient (Wildman–Crippen LogP) is 6.24. The van der Waals surface area contributed by atoms with Crippen molar-refractivity contribution >= 4 is 22.8 Å². The van der Waals surface area contributed by atoms with E-state index < -0.39 is 0 Å². The Labute approximate surface area is 165 Å². The van der Waals surface area contributed by atoms with Crippen LogP contribution in [0.4, 0.5) is 5.69 Å². The van der Waals surface area contributed by atoms with Gasteiger partial charge in [0.25, 0.3) is 0 Å². The van der Waals surface area contributed by atoms with Crippen LogP contribution in [-0.2, 0) is 4.74 Å². The van der Waals surface area contributed by atoms with Gasteiger partial charge < -0.3 is 14.7 Å². The van der Waals surface area contributed by atoms with E-state index in [1.807, 2.05) is 18.2 Å². The molecule has 2 heterocycles. The van der Waals surface area contributed by atoms with Gasteiger partial charge in [-0.25, -0.2) is 0 Å². The normalized spacial score (nSPS) is 21.4. The summed E-state index contributed by atoms with van der Waals surface area (Å²) in [6.07, 6.45) is 6.39. The molecule has 1 aromatic heterocycles. The molecule has 1 unspecified atom stereocenters. The Morgan fingerprint density at radius 2 is 1.89 bits per heavy atom. The highest BCUT2D eigenvalue weighted by Gasteiger charge is 2.35. The summed E-state index contributed by atoms with van der Waals surface area (Å²) < 4.78 is 5.87. The van der Waals surface area contributed by atoms with Gasteiger partial charge in [-0.05, 0) is 30.4 Å². The summed E-state index contributed by atoms with van der Waals surface area (Å²) >= 11 is 1.59. The Hall–Kier alpha value is -2.04. The SMILES string of the molecule is C=C(O)c1sc(-c2ccccc2)cc1N1C(=C)COCC1C1CCCCC1. The first-order valence-corrected chi connectivity index (χ1v) is 10.6. The summed E-state index contributed by atoms with van der Waals surface area (Å²) in [5, 5.41) is 10.3. The Balaban J connectivity index is 1.75. The second-order valence-electron chi connectivity index (χ2n) is 7.55. The van der Waals surface area contributed by atoms with E-state index in [2.05, 4.69) is 36.3 Å². The van der Waals surface area contributed by atoms with E-state index in [-0.39, 0.29) is 11.8 Å². The maximum atomic E-state index is 10.3. The monoisotopic (exact) mass is 381 g/mol. The highest BCUT2D eigenvalue weighted by molar-refractivity contribution is 7.17. The van der Waals surface area contributed by atoms with E-state index in [1.54, 1.807) is 11.3 Å². The molecular formula is C23H27NO2S. The molecule has 1 N–H and O–H groups in total. The Morgan fingerprint density at radius 1 is 1.15 bits per heavy atom. The molecule has 4 rings (SSSR count). The Bertz CT molecular complexity index is 820. The second-order valence-corrected chi connectivity index (χ2v) is 8.61. The van der Waals surface area contributed by atoms with Crippen molar-refractivity contribution in [3.63, 3.8) is 0 Å². The van der Waals surface area contributed by atoms with Crippen LogP contribution >= 0.6 is 11.3 Å². The van der Waals surface area contributed by atoms with Gasteiger partial charge in [-0.15, -0.1) is 11.3 Å². The van der Waals surface area contributed by atoms with Gasteiger partial charge in [0.2, 0.25) is 0 Å². The lowest BCUT2D eigenvalue weighted by Crippen LogP contribution is -2.48. The van der Waals surface area contributed by atoms with Gasteiger partial charge in [-0.2, -0.15) is 0 Å². The van der Waals surface area contributed by atoms with Gasteiger partial charge >= 0.3 is 0 Å². The van der Waals surface area contributed by atoms with Gasteiger partial charge in [-0.3, -0.25) is 0 Å². The smallest absolute Gasteiger partial charge is 0.127 e. The number of rotatable bonds is 4. The number of anilines is 1. The standard InChI is InChI=1S/C23H27NO2S/c1-16-14-26-15-21(18-9-5-3-6-10-18)24(16)20-13-22(27-23(20)17(2)25)19-11-7-4-8-12-19/h4,7-8,11-13,18,21,25H,1-3,5-6,9-10,14-15H2. The van der Waals surface area contributed by atoms with Gasteiger partial charge in [-0.1, -0.05) is 62.8 Å². The van der Waals surface area contributed by atoms with Crippen molar-refractivity contribution in [2.24, 2.45) is 5.92 Å². The molecular weight excluding hydrogens is 354 g/mol. The molecule has 2 aliphatic rings. The fraction of sp³-hybridized carbons (Fsp3) is 0.391. The van der Waals surface area contributed by atoms with Crippen LogP contribution in [0.2, 0.25) is 0 Å². The summed E-state index contributed by atoms with van der Waals surface area (Å²) in [5.74, 6) is 0.731. The highest BCUT2D eigenvalue weighted by atomic mass is 32.1. The van der Waals surface area contributed by atoms with Crippen LogP contribution in [0.15, 0.2) is 55.3 Å². The number of hydrogen-bond donors (Lipinski definition) is 1. The third kappa shape index (κ3) is 3.69. The molecule has 1 aliphatic heterocycles. The van der Waals surface area contributed by atoms with Crippen LogP contribution in [-0.4, -0.2) is 24.4 Å². The van der Waals surface area contributed by atoms with Crippen LogP contribution in [0.1, 0.15) is 37.0 Å². The van der Waals surface area contributed by atoms with Crippen molar-refractivity contribution < 1.29 is 9.84 Å². The molecule has 3 nitrogen and oxygen atoms in total. The first kappa shape index (κ1) is 18.3. The maximum Gasteiger partial charge on any atom is 0.127 e. The maximum absolute atomic E-state index is 10.3. The molecule has 0 spiro atoms. The third-order valence-corrected chi connectivity index (χ3v) is 6.94. The average molecular weight is 382 g/mol.